The van der Waals surface area contributed by atoms with Gasteiger partial charge in [0, 0.05) is 19.5 Å². The summed E-state index contributed by atoms with van der Waals surface area (Å²) >= 11 is 0. The van der Waals surface area contributed by atoms with E-state index in [0.29, 0.717) is 0 Å². The van der Waals surface area contributed by atoms with Gasteiger partial charge in [0.15, 0.2) is 5.76 Å². The molecule has 110 valence electrons. The predicted octanol–water partition coefficient (Wildman–Crippen LogP) is 0.626. The molecular weight excluding hydrogens is 264 g/mol. The lowest BCUT2D eigenvalue weighted by Gasteiger charge is -2.19. The lowest BCUT2D eigenvalue weighted by atomic mass is 9.94. The van der Waals surface area contributed by atoms with Gasteiger partial charge in [0.25, 0.3) is 5.91 Å². The molecule has 1 rings (SSSR count). The van der Waals surface area contributed by atoms with E-state index in [9.17, 15) is 14.4 Å². The first-order valence-corrected chi connectivity index (χ1v) is 6.15. The number of hydrogen-bond acceptors (Lipinski definition) is 4. The SMILES string of the molecule is CC(C)(CNC(=O)CCNC(=O)c1ccco1)C(=O)O. The molecule has 0 atom stereocenters. The Hall–Kier alpha value is -2.31. The number of carbonyl (C=O) groups is 3. The van der Waals surface area contributed by atoms with Crippen LogP contribution >= 0.6 is 0 Å². The average Bonchev–Trinajstić information content (AvgIpc) is 2.90. The molecule has 0 saturated carbocycles. The van der Waals surface area contributed by atoms with Gasteiger partial charge in [-0.2, -0.15) is 0 Å². The molecule has 1 heterocycles. The van der Waals surface area contributed by atoms with Gasteiger partial charge in [-0.05, 0) is 26.0 Å². The minimum atomic E-state index is -1.02. The van der Waals surface area contributed by atoms with E-state index < -0.39 is 17.3 Å². The van der Waals surface area contributed by atoms with Crippen molar-refractivity contribution in [2.24, 2.45) is 5.41 Å². The third-order valence-electron chi connectivity index (χ3n) is 2.69. The normalized spacial score (nSPS) is 10.9. The first-order chi connectivity index (χ1) is 9.33. The third kappa shape index (κ3) is 4.75. The van der Waals surface area contributed by atoms with Crippen molar-refractivity contribution < 1.29 is 23.9 Å². The van der Waals surface area contributed by atoms with Gasteiger partial charge in [-0.1, -0.05) is 0 Å². The largest absolute Gasteiger partial charge is 0.481 e. The molecule has 7 heteroatoms. The summed E-state index contributed by atoms with van der Waals surface area (Å²) in [6, 6.07) is 3.11. The number of amides is 2. The zero-order chi connectivity index (χ0) is 15.2. The summed E-state index contributed by atoms with van der Waals surface area (Å²) in [6.07, 6.45) is 1.46. The van der Waals surface area contributed by atoms with Crippen molar-refractivity contribution in [1.82, 2.24) is 10.6 Å². The highest BCUT2D eigenvalue weighted by molar-refractivity contribution is 5.91. The van der Waals surface area contributed by atoms with E-state index in [1.165, 1.54) is 26.2 Å². The molecule has 3 N–H and O–H groups in total. The van der Waals surface area contributed by atoms with Crippen molar-refractivity contribution in [2.75, 3.05) is 13.1 Å². The first kappa shape index (κ1) is 15.7. The van der Waals surface area contributed by atoms with E-state index in [1.807, 2.05) is 0 Å². The molecule has 7 nitrogen and oxygen atoms in total. The molecule has 0 unspecified atom stereocenters. The first-order valence-electron chi connectivity index (χ1n) is 6.15. The smallest absolute Gasteiger partial charge is 0.310 e. The van der Waals surface area contributed by atoms with Crippen LogP contribution in [-0.2, 0) is 9.59 Å². The molecule has 0 fully saturated rings. The van der Waals surface area contributed by atoms with Crippen molar-refractivity contribution in [3.63, 3.8) is 0 Å². The lowest BCUT2D eigenvalue weighted by molar-refractivity contribution is -0.146. The fourth-order valence-corrected chi connectivity index (χ4v) is 1.27. The molecule has 0 aliphatic heterocycles. The fraction of sp³-hybridized carbons (Fsp3) is 0.462. The van der Waals surface area contributed by atoms with E-state index in [4.69, 9.17) is 9.52 Å². The number of aliphatic carboxylic acids is 1. The maximum Gasteiger partial charge on any atom is 0.310 e. The molecule has 20 heavy (non-hydrogen) atoms. The number of carboxylic acids is 1. The summed E-state index contributed by atoms with van der Waals surface area (Å²) in [7, 11) is 0. The maximum atomic E-state index is 11.5. The third-order valence-corrected chi connectivity index (χ3v) is 2.69. The van der Waals surface area contributed by atoms with Gasteiger partial charge in [-0.15, -0.1) is 0 Å². The molecular formula is C13H18N2O5. The quantitative estimate of drug-likeness (QED) is 0.679. The highest BCUT2D eigenvalue weighted by atomic mass is 16.4. The molecule has 0 aromatic carbocycles. The number of furan rings is 1. The molecule has 2 amide bonds. The topological polar surface area (TPSA) is 109 Å². The Morgan fingerprint density at radius 3 is 2.55 bits per heavy atom. The van der Waals surface area contributed by atoms with Crippen LogP contribution in [0.4, 0.5) is 0 Å². The van der Waals surface area contributed by atoms with Crippen LogP contribution < -0.4 is 10.6 Å². The van der Waals surface area contributed by atoms with Gasteiger partial charge in [-0.25, -0.2) is 0 Å². The van der Waals surface area contributed by atoms with Crippen molar-refractivity contribution in [3.8, 4) is 0 Å². The number of carboxylic acid groups (broad SMARTS) is 1. The Balaban J connectivity index is 2.24. The Kier molecular flexibility index (Phi) is 5.31. The van der Waals surface area contributed by atoms with Crippen LogP contribution in [0.15, 0.2) is 22.8 Å². The number of nitrogens with one attached hydrogen (secondary N) is 2. The Labute approximate surface area is 116 Å². The van der Waals surface area contributed by atoms with Crippen molar-refractivity contribution in [1.29, 1.82) is 0 Å². The maximum absolute atomic E-state index is 11.5. The van der Waals surface area contributed by atoms with Crippen LogP contribution in [0.3, 0.4) is 0 Å². The lowest BCUT2D eigenvalue weighted by Crippen LogP contribution is -2.40. The van der Waals surface area contributed by atoms with E-state index in [-0.39, 0.29) is 31.2 Å². The summed E-state index contributed by atoms with van der Waals surface area (Å²) in [5, 5.41) is 13.9. The molecule has 0 spiro atoms. The van der Waals surface area contributed by atoms with Gasteiger partial charge in [0.2, 0.25) is 5.91 Å². The van der Waals surface area contributed by atoms with Gasteiger partial charge in [0.1, 0.15) is 0 Å². The van der Waals surface area contributed by atoms with E-state index in [1.54, 1.807) is 6.07 Å². The minimum absolute atomic E-state index is 0.0350. The van der Waals surface area contributed by atoms with Gasteiger partial charge < -0.3 is 20.2 Å². The van der Waals surface area contributed by atoms with Gasteiger partial charge >= 0.3 is 5.97 Å². The Bertz CT molecular complexity index is 479. The molecule has 1 aromatic heterocycles. The van der Waals surface area contributed by atoms with Crippen LogP contribution in [-0.4, -0.2) is 36.0 Å². The molecule has 0 bridgehead atoms. The zero-order valence-electron chi connectivity index (χ0n) is 11.4. The van der Waals surface area contributed by atoms with Crippen LogP contribution in [0.1, 0.15) is 30.8 Å². The molecule has 1 aromatic rings. The highest BCUT2D eigenvalue weighted by Gasteiger charge is 2.27. The minimum Gasteiger partial charge on any atom is -0.481 e. The standard InChI is InChI=1S/C13H18N2O5/c1-13(2,12(18)19)8-15-10(16)5-6-14-11(17)9-4-3-7-20-9/h3-4,7H,5-6,8H2,1-2H3,(H,14,17)(H,15,16)(H,18,19). The van der Waals surface area contributed by atoms with E-state index >= 15 is 0 Å². The molecule has 0 saturated heterocycles. The molecule has 0 aliphatic carbocycles. The monoisotopic (exact) mass is 282 g/mol. The van der Waals surface area contributed by atoms with Crippen LogP contribution in [0.2, 0.25) is 0 Å². The summed E-state index contributed by atoms with van der Waals surface area (Å²) in [5.74, 6) is -1.52. The van der Waals surface area contributed by atoms with E-state index in [0.717, 1.165) is 0 Å². The Morgan fingerprint density at radius 2 is 2.00 bits per heavy atom. The second-order valence-corrected chi connectivity index (χ2v) is 4.95. The van der Waals surface area contributed by atoms with Crippen molar-refractivity contribution in [2.45, 2.75) is 20.3 Å². The number of hydrogen-bond donors (Lipinski definition) is 3. The summed E-state index contributed by atoms with van der Waals surface area (Å²) in [4.78, 5) is 33.8. The van der Waals surface area contributed by atoms with Gasteiger partial charge in [-0.3, -0.25) is 14.4 Å². The van der Waals surface area contributed by atoms with Crippen LogP contribution in [0.25, 0.3) is 0 Å². The van der Waals surface area contributed by atoms with Crippen molar-refractivity contribution in [3.05, 3.63) is 24.2 Å². The number of carbonyl (C=O) groups excluding carboxylic acids is 2. The summed E-state index contributed by atoms with van der Waals surface area (Å²) in [6.45, 7) is 3.23. The summed E-state index contributed by atoms with van der Waals surface area (Å²) < 4.78 is 4.89. The zero-order valence-corrected chi connectivity index (χ0v) is 11.4. The Morgan fingerprint density at radius 1 is 1.30 bits per heavy atom. The van der Waals surface area contributed by atoms with Crippen LogP contribution in [0.5, 0.6) is 0 Å². The predicted molar refractivity (Wildman–Crippen MR) is 70.1 cm³/mol. The van der Waals surface area contributed by atoms with E-state index in [2.05, 4.69) is 10.6 Å². The average molecular weight is 282 g/mol. The van der Waals surface area contributed by atoms with Gasteiger partial charge in [0.05, 0.1) is 11.7 Å². The van der Waals surface area contributed by atoms with Crippen LogP contribution in [0, 0.1) is 5.41 Å². The number of rotatable bonds is 7. The second kappa shape index (κ2) is 6.74. The second-order valence-electron chi connectivity index (χ2n) is 4.95. The highest BCUT2D eigenvalue weighted by Crippen LogP contribution is 2.12. The fourth-order valence-electron chi connectivity index (χ4n) is 1.27. The molecule has 0 radical (unpaired) electrons. The molecule has 0 aliphatic rings. The summed E-state index contributed by atoms with van der Waals surface area (Å²) in [5.41, 5.74) is -1.02. The van der Waals surface area contributed by atoms with Crippen molar-refractivity contribution >= 4 is 17.8 Å².